The predicted octanol–water partition coefficient (Wildman–Crippen LogP) is 0.799. The van der Waals surface area contributed by atoms with Crippen LogP contribution in [0.4, 0.5) is 0 Å². The van der Waals surface area contributed by atoms with Crippen LogP contribution in [0, 0.1) is 0 Å². The van der Waals surface area contributed by atoms with Crippen molar-refractivity contribution in [3.63, 3.8) is 0 Å². The molecule has 0 aliphatic carbocycles. The number of halogens is 1. The Morgan fingerprint density at radius 1 is 0.897 bits per heavy atom. The van der Waals surface area contributed by atoms with E-state index >= 15 is 0 Å². The summed E-state index contributed by atoms with van der Waals surface area (Å²) in [4.78, 5) is 0. The van der Waals surface area contributed by atoms with Gasteiger partial charge in [0.2, 0.25) is 0 Å². The van der Waals surface area contributed by atoms with Gasteiger partial charge in [-0.1, -0.05) is 35.9 Å². The first-order valence-electron chi connectivity index (χ1n) is 9.29. The topological polar surface area (TPSA) is 131 Å². The van der Waals surface area contributed by atoms with Gasteiger partial charge in [0.05, 0.1) is 13.2 Å². The molecule has 0 aromatic heterocycles. The Labute approximate surface area is 174 Å². The summed E-state index contributed by atoms with van der Waals surface area (Å²) in [6, 6.07) is 12.2. The maximum Gasteiger partial charge on any atom is 0.119 e. The fraction of sp³-hybridized carbons (Fsp3) is 0.429. The molecule has 160 valence electrons. The van der Waals surface area contributed by atoms with Crippen LogP contribution in [-0.2, 0) is 6.42 Å². The van der Waals surface area contributed by atoms with E-state index in [-0.39, 0.29) is 5.56 Å². The SMILES string of the molecule is CCOc1ccc(Cc2cc(C(O)[C@H](O)[C@@H](O)[C@@H](O)[C@H](O)CO)ccc2Cl)cc1. The van der Waals surface area contributed by atoms with Crippen LogP contribution < -0.4 is 4.74 Å². The quantitative estimate of drug-likeness (QED) is 0.331. The molecule has 2 aromatic carbocycles. The summed E-state index contributed by atoms with van der Waals surface area (Å²) in [6.45, 7) is 1.68. The largest absolute Gasteiger partial charge is 0.494 e. The Morgan fingerprint density at radius 2 is 1.55 bits per heavy atom. The van der Waals surface area contributed by atoms with Crippen molar-refractivity contribution in [3.05, 3.63) is 64.2 Å². The van der Waals surface area contributed by atoms with Gasteiger partial charge in [-0.2, -0.15) is 0 Å². The van der Waals surface area contributed by atoms with Crippen LogP contribution in [0.3, 0.4) is 0 Å². The number of aliphatic hydroxyl groups is 6. The molecule has 0 radical (unpaired) electrons. The minimum absolute atomic E-state index is 0.285. The zero-order valence-electron chi connectivity index (χ0n) is 16.0. The molecule has 8 heteroatoms. The molecule has 2 aromatic rings. The number of benzene rings is 2. The molecule has 0 amide bonds. The number of hydrogen-bond acceptors (Lipinski definition) is 7. The van der Waals surface area contributed by atoms with Crippen molar-refractivity contribution < 1.29 is 35.4 Å². The highest BCUT2D eigenvalue weighted by atomic mass is 35.5. The first-order valence-corrected chi connectivity index (χ1v) is 9.67. The lowest BCUT2D eigenvalue weighted by Crippen LogP contribution is -2.47. The van der Waals surface area contributed by atoms with Gasteiger partial charge < -0.3 is 35.4 Å². The third-order valence-electron chi connectivity index (χ3n) is 4.64. The van der Waals surface area contributed by atoms with Crippen LogP contribution in [0.1, 0.15) is 29.7 Å². The highest BCUT2D eigenvalue weighted by Crippen LogP contribution is 2.27. The van der Waals surface area contributed by atoms with E-state index in [4.69, 9.17) is 21.4 Å². The first-order chi connectivity index (χ1) is 13.8. The summed E-state index contributed by atoms with van der Waals surface area (Å²) >= 11 is 6.27. The molecule has 1 unspecified atom stereocenters. The molecule has 0 saturated carbocycles. The molecular formula is C21H27ClO7. The van der Waals surface area contributed by atoms with E-state index < -0.39 is 37.1 Å². The second-order valence-electron chi connectivity index (χ2n) is 6.77. The highest BCUT2D eigenvalue weighted by Gasteiger charge is 2.34. The second kappa shape index (κ2) is 10.9. The van der Waals surface area contributed by atoms with Crippen LogP contribution >= 0.6 is 11.6 Å². The lowest BCUT2D eigenvalue weighted by molar-refractivity contribution is -0.141. The molecule has 0 heterocycles. The van der Waals surface area contributed by atoms with E-state index in [9.17, 15) is 25.5 Å². The van der Waals surface area contributed by atoms with Gasteiger partial charge in [0, 0.05) is 5.02 Å². The second-order valence-corrected chi connectivity index (χ2v) is 7.18. The minimum atomic E-state index is -1.86. The van der Waals surface area contributed by atoms with Crippen molar-refractivity contribution in [2.75, 3.05) is 13.2 Å². The Balaban J connectivity index is 2.16. The Kier molecular flexibility index (Phi) is 8.85. The number of rotatable bonds is 10. The normalized spacial score (nSPS) is 16.7. The molecule has 7 nitrogen and oxygen atoms in total. The predicted molar refractivity (Wildman–Crippen MR) is 108 cm³/mol. The standard InChI is InChI=1S/C21H27ClO7/c1-2-29-15-6-3-12(4-7-15)9-14-10-13(5-8-16(14)22)18(25)20(27)21(28)19(26)17(24)11-23/h3-8,10,17-21,23-28H,2,9,11H2,1H3/t17-,18?,19+,20+,21+/m1/s1. The summed E-state index contributed by atoms with van der Waals surface area (Å²) in [5.74, 6) is 0.757. The monoisotopic (exact) mass is 426 g/mol. The maximum absolute atomic E-state index is 10.4. The van der Waals surface area contributed by atoms with Crippen molar-refractivity contribution in [2.45, 2.75) is 43.9 Å². The zero-order chi connectivity index (χ0) is 21.6. The van der Waals surface area contributed by atoms with Crippen LogP contribution in [0.5, 0.6) is 5.75 Å². The van der Waals surface area contributed by atoms with E-state index in [0.29, 0.717) is 23.6 Å². The summed E-state index contributed by atoms with van der Waals surface area (Å²) < 4.78 is 5.41. The average molecular weight is 427 g/mol. The molecular weight excluding hydrogens is 400 g/mol. The maximum atomic E-state index is 10.4. The average Bonchev–Trinajstić information content (AvgIpc) is 2.74. The zero-order valence-corrected chi connectivity index (χ0v) is 16.8. The Bertz CT molecular complexity index is 768. The van der Waals surface area contributed by atoms with E-state index in [1.807, 2.05) is 31.2 Å². The van der Waals surface area contributed by atoms with E-state index in [2.05, 4.69) is 0 Å². The molecule has 0 aliphatic rings. The van der Waals surface area contributed by atoms with Gasteiger partial charge in [-0.05, 0) is 48.2 Å². The van der Waals surface area contributed by atoms with Gasteiger partial charge in [0.15, 0.2) is 0 Å². The summed E-state index contributed by atoms with van der Waals surface area (Å²) in [5.41, 5.74) is 1.95. The van der Waals surface area contributed by atoms with Gasteiger partial charge >= 0.3 is 0 Å². The third-order valence-corrected chi connectivity index (χ3v) is 5.01. The molecule has 0 bridgehead atoms. The summed E-state index contributed by atoms with van der Waals surface area (Å²) in [7, 11) is 0. The molecule has 5 atom stereocenters. The van der Waals surface area contributed by atoms with E-state index in [0.717, 1.165) is 11.3 Å². The fourth-order valence-electron chi connectivity index (χ4n) is 2.93. The molecule has 0 aliphatic heterocycles. The molecule has 6 N–H and O–H groups in total. The summed E-state index contributed by atoms with van der Waals surface area (Å²) in [6.07, 6.45) is -8.19. The van der Waals surface area contributed by atoms with Crippen LogP contribution in [-0.4, -0.2) is 68.3 Å². The number of aliphatic hydroxyl groups excluding tert-OH is 6. The number of hydrogen-bond donors (Lipinski definition) is 6. The Morgan fingerprint density at radius 3 is 2.14 bits per heavy atom. The lowest BCUT2D eigenvalue weighted by Gasteiger charge is -2.28. The summed E-state index contributed by atoms with van der Waals surface area (Å²) in [5, 5.41) is 59.1. The molecule has 0 saturated heterocycles. The smallest absolute Gasteiger partial charge is 0.119 e. The van der Waals surface area contributed by atoms with Crippen molar-refractivity contribution in [3.8, 4) is 5.75 Å². The van der Waals surface area contributed by atoms with Crippen molar-refractivity contribution in [1.82, 2.24) is 0 Å². The lowest BCUT2D eigenvalue weighted by atomic mass is 9.93. The van der Waals surface area contributed by atoms with E-state index in [1.54, 1.807) is 12.1 Å². The van der Waals surface area contributed by atoms with Crippen LogP contribution in [0.2, 0.25) is 5.02 Å². The molecule has 0 fully saturated rings. The van der Waals surface area contributed by atoms with Crippen molar-refractivity contribution in [2.24, 2.45) is 0 Å². The first kappa shape index (κ1) is 23.6. The minimum Gasteiger partial charge on any atom is -0.494 e. The molecule has 29 heavy (non-hydrogen) atoms. The van der Waals surface area contributed by atoms with Gasteiger partial charge in [-0.3, -0.25) is 0 Å². The van der Waals surface area contributed by atoms with Crippen molar-refractivity contribution in [1.29, 1.82) is 0 Å². The van der Waals surface area contributed by atoms with Crippen molar-refractivity contribution >= 4 is 11.6 Å². The highest BCUT2D eigenvalue weighted by molar-refractivity contribution is 6.31. The molecule has 2 rings (SSSR count). The van der Waals surface area contributed by atoms with Gasteiger partial charge in [-0.15, -0.1) is 0 Å². The van der Waals surface area contributed by atoms with E-state index in [1.165, 1.54) is 6.07 Å². The number of ether oxygens (including phenoxy) is 1. The third kappa shape index (κ3) is 6.13. The van der Waals surface area contributed by atoms with Gasteiger partial charge in [0.25, 0.3) is 0 Å². The molecule has 0 spiro atoms. The fourth-order valence-corrected chi connectivity index (χ4v) is 3.11. The van der Waals surface area contributed by atoms with Gasteiger partial charge in [0.1, 0.15) is 36.3 Å². The van der Waals surface area contributed by atoms with Crippen LogP contribution in [0.15, 0.2) is 42.5 Å². The van der Waals surface area contributed by atoms with Crippen LogP contribution in [0.25, 0.3) is 0 Å². The Hall–Kier alpha value is -1.71. The van der Waals surface area contributed by atoms with Gasteiger partial charge in [-0.25, -0.2) is 0 Å².